The van der Waals surface area contributed by atoms with Crippen LogP contribution in [0.5, 0.6) is 11.5 Å². The number of aryl methyl sites for hydroxylation is 1. The first kappa shape index (κ1) is 33.6. The number of phenols is 1. The zero-order valence-electron chi connectivity index (χ0n) is 26.8. The summed E-state index contributed by atoms with van der Waals surface area (Å²) in [5, 5.41) is 21.6. The summed E-state index contributed by atoms with van der Waals surface area (Å²) >= 11 is 0. The Hall–Kier alpha value is -3.33. The van der Waals surface area contributed by atoms with E-state index in [4.69, 9.17) is 19.9 Å². The number of hydrogen-bond donors (Lipinski definition) is 3. The first-order chi connectivity index (χ1) is 20.9. The number of aromatic nitrogens is 1. The number of fused-ring (bicyclic) bond motifs is 2. The minimum atomic E-state index is -0.533. The number of carbonyl (C=O) groups is 2. The highest BCUT2D eigenvalue weighted by Gasteiger charge is 2.40. The van der Waals surface area contributed by atoms with Gasteiger partial charge in [-0.2, -0.15) is 0 Å². The summed E-state index contributed by atoms with van der Waals surface area (Å²) in [4.78, 5) is 28.8. The molecule has 4 N–H and O–H groups in total. The lowest BCUT2D eigenvalue weighted by Crippen LogP contribution is -2.40. The van der Waals surface area contributed by atoms with Gasteiger partial charge in [0, 0.05) is 26.5 Å². The van der Waals surface area contributed by atoms with E-state index in [0.29, 0.717) is 60.9 Å². The number of hydrogen-bond acceptors (Lipinski definition) is 9. The highest BCUT2D eigenvalue weighted by Crippen LogP contribution is 2.46. The summed E-state index contributed by atoms with van der Waals surface area (Å²) in [6.45, 7) is 7.38. The van der Waals surface area contributed by atoms with Crippen molar-refractivity contribution in [2.24, 2.45) is 29.6 Å². The Morgan fingerprint density at radius 3 is 2.45 bits per heavy atom. The third-order valence-electron chi connectivity index (χ3n) is 9.70. The molecule has 9 nitrogen and oxygen atoms in total. The summed E-state index contributed by atoms with van der Waals surface area (Å²) < 4.78 is 17.2. The number of aliphatic hydroxyl groups excluding tert-OH is 1. The van der Waals surface area contributed by atoms with Crippen LogP contribution in [0.1, 0.15) is 84.6 Å². The number of phenolic OH excluding ortho intramolecular Hbond substituents is 1. The third-order valence-corrected chi connectivity index (χ3v) is 9.70. The lowest BCUT2D eigenvalue weighted by molar-refractivity contribution is -0.157. The fourth-order valence-electron chi connectivity index (χ4n) is 7.82. The van der Waals surface area contributed by atoms with Gasteiger partial charge in [-0.3, -0.25) is 9.59 Å². The van der Waals surface area contributed by atoms with E-state index in [9.17, 15) is 19.8 Å². The molecule has 2 bridgehead atoms. The number of nitrogens with zero attached hydrogens (tertiary/aromatic N) is 1. The van der Waals surface area contributed by atoms with Gasteiger partial charge in [-0.15, -0.1) is 0 Å². The molecule has 2 aliphatic carbocycles. The predicted molar refractivity (Wildman–Crippen MR) is 169 cm³/mol. The largest absolute Gasteiger partial charge is 0.504 e. The number of nitrogen functional groups attached to an aromatic ring is 1. The van der Waals surface area contributed by atoms with Crippen molar-refractivity contribution in [1.29, 1.82) is 0 Å². The maximum atomic E-state index is 12.4. The number of aromatic hydroxyl groups is 1. The van der Waals surface area contributed by atoms with Gasteiger partial charge in [0.2, 0.25) is 0 Å². The number of pyridine rings is 1. The van der Waals surface area contributed by atoms with E-state index >= 15 is 0 Å². The zero-order valence-corrected chi connectivity index (χ0v) is 26.8. The monoisotopic (exact) mass is 610 g/mol. The van der Waals surface area contributed by atoms with E-state index in [-0.39, 0.29) is 17.6 Å². The number of carbonyl (C=O) groups excluding carboxylic acids is 2. The van der Waals surface area contributed by atoms with Gasteiger partial charge in [-0.25, -0.2) is 4.98 Å². The van der Waals surface area contributed by atoms with Crippen LogP contribution >= 0.6 is 0 Å². The van der Waals surface area contributed by atoms with Gasteiger partial charge in [0.1, 0.15) is 18.0 Å². The Labute approximate surface area is 261 Å². The Balaban J connectivity index is 1.60. The minimum Gasteiger partial charge on any atom is -0.504 e. The maximum absolute atomic E-state index is 12.4. The Morgan fingerprint density at radius 1 is 1.05 bits per heavy atom. The minimum absolute atomic E-state index is 0.000542. The summed E-state index contributed by atoms with van der Waals surface area (Å²) in [6, 6.07) is 6.99. The van der Waals surface area contributed by atoms with E-state index < -0.39 is 24.3 Å². The van der Waals surface area contributed by atoms with E-state index in [1.807, 2.05) is 6.07 Å². The van der Waals surface area contributed by atoms with Crippen LogP contribution in [0.4, 0.5) is 5.82 Å². The Kier molecular flexibility index (Phi) is 11.5. The molecule has 0 saturated heterocycles. The topological polar surface area (TPSA) is 141 Å². The number of rotatable bonds is 11. The van der Waals surface area contributed by atoms with Gasteiger partial charge >= 0.3 is 11.9 Å². The normalized spacial score (nSPS) is 24.9. The van der Waals surface area contributed by atoms with E-state index in [2.05, 4.69) is 18.8 Å². The average Bonchev–Trinajstić information content (AvgIpc) is 2.94. The summed E-state index contributed by atoms with van der Waals surface area (Å²) in [7, 11) is 1.50. The molecule has 2 aliphatic rings. The first-order valence-corrected chi connectivity index (χ1v) is 16.1. The van der Waals surface area contributed by atoms with Crippen LogP contribution in [-0.2, 0) is 25.5 Å². The van der Waals surface area contributed by atoms with E-state index in [0.717, 1.165) is 36.0 Å². The molecular weight excluding hydrogens is 560 g/mol. The molecule has 9 heteroatoms. The number of ether oxygens (including phenoxy) is 3. The van der Waals surface area contributed by atoms with Gasteiger partial charge < -0.3 is 30.2 Å². The number of esters is 2. The second-order valence-corrected chi connectivity index (χ2v) is 13.3. The first-order valence-electron chi connectivity index (χ1n) is 16.1. The quantitative estimate of drug-likeness (QED) is 0.258. The van der Waals surface area contributed by atoms with Crippen LogP contribution in [0, 0.1) is 29.6 Å². The van der Waals surface area contributed by atoms with Crippen molar-refractivity contribution in [2.45, 2.75) is 104 Å². The van der Waals surface area contributed by atoms with Crippen LogP contribution in [0.2, 0.25) is 0 Å². The van der Waals surface area contributed by atoms with Crippen molar-refractivity contribution in [3.63, 3.8) is 0 Å². The predicted octanol–water partition coefficient (Wildman–Crippen LogP) is 6.08. The smallest absolute Gasteiger partial charge is 0.302 e. The Bertz CT molecular complexity index is 1280. The molecule has 0 radical (unpaired) electrons. The highest BCUT2D eigenvalue weighted by molar-refractivity contribution is 5.72. The zero-order chi connectivity index (χ0) is 32.0. The van der Waals surface area contributed by atoms with Gasteiger partial charge in [0.15, 0.2) is 11.5 Å². The lowest BCUT2D eigenvalue weighted by atomic mass is 9.63. The molecule has 2 aromatic rings. The molecule has 1 aromatic carbocycles. The van der Waals surface area contributed by atoms with Crippen LogP contribution in [0.3, 0.4) is 0 Å². The molecule has 242 valence electrons. The molecule has 2 fully saturated rings. The van der Waals surface area contributed by atoms with E-state index in [1.54, 1.807) is 24.4 Å². The standard InChI is InChI=1S/C35H50N2O7/c1-20(2)30-9-6-23-12-26(30)14-27(15-28(40)13-23)33(44-22(4)39)18-29(43-21(3)38)8-7-24-16-34(42-5)32(41)19-31(24)25-10-11-37-35(36)17-25/h10-11,16-17,19-20,23,26-30,33,40-41H,6-9,12-15,18H2,1-5H3,(H2,36,37). The SMILES string of the molecule is COc1cc(CCC(CC(OC(C)=O)C2CC(O)CC3CCC(C(C)C)C(C3)C2)OC(C)=O)c(-c2ccnc(N)c2)cc1O. The van der Waals surface area contributed by atoms with Gasteiger partial charge in [0.05, 0.1) is 13.2 Å². The van der Waals surface area contributed by atoms with Gasteiger partial charge in [-0.1, -0.05) is 20.3 Å². The summed E-state index contributed by atoms with van der Waals surface area (Å²) in [6.07, 6.45) is 7.07. The lowest BCUT2D eigenvalue weighted by Gasteiger charge is -2.44. The third kappa shape index (κ3) is 8.87. The van der Waals surface area contributed by atoms with Crippen molar-refractivity contribution in [2.75, 3.05) is 12.8 Å². The van der Waals surface area contributed by atoms with Crippen molar-refractivity contribution >= 4 is 17.8 Å². The fourth-order valence-corrected chi connectivity index (χ4v) is 7.82. The number of aliphatic hydroxyl groups is 1. The summed E-state index contributed by atoms with van der Waals surface area (Å²) in [5.41, 5.74) is 8.39. The van der Waals surface area contributed by atoms with Crippen LogP contribution in [0.15, 0.2) is 30.5 Å². The van der Waals surface area contributed by atoms with Crippen LogP contribution < -0.4 is 10.5 Å². The number of benzene rings is 1. The highest BCUT2D eigenvalue weighted by atomic mass is 16.6. The number of nitrogens with two attached hydrogens (primary N) is 1. The molecule has 4 rings (SSSR count). The maximum Gasteiger partial charge on any atom is 0.302 e. The average molecular weight is 611 g/mol. The van der Waals surface area contributed by atoms with Crippen LogP contribution in [0.25, 0.3) is 11.1 Å². The molecule has 44 heavy (non-hydrogen) atoms. The van der Waals surface area contributed by atoms with Crippen LogP contribution in [-0.4, -0.2) is 52.6 Å². The molecular formula is C35H50N2O7. The molecule has 0 amide bonds. The molecule has 1 aromatic heterocycles. The molecule has 0 aliphatic heterocycles. The number of anilines is 1. The van der Waals surface area contributed by atoms with Crippen molar-refractivity contribution < 1.29 is 34.0 Å². The van der Waals surface area contributed by atoms with Crippen molar-refractivity contribution in [3.8, 4) is 22.6 Å². The molecule has 7 atom stereocenters. The number of methoxy groups -OCH3 is 1. The molecule has 7 unspecified atom stereocenters. The second-order valence-electron chi connectivity index (χ2n) is 13.3. The Morgan fingerprint density at radius 2 is 1.80 bits per heavy atom. The molecule has 1 heterocycles. The molecule has 2 saturated carbocycles. The van der Waals surface area contributed by atoms with Gasteiger partial charge in [0.25, 0.3) is 0 Å². The molecule has 0 spiro atoms. The second kappa shape index (κ2) is 15.1. The van der Waals surface area contributed by atoms with Crippen molar-refractivity contribution in [1.82, 2.24) is 4.98 Å². The fraction of sp³-hybridized carbons (Fsp3) is 0.629. The van der Waals surface area contributed by atoms with Gasteiger partial charge in [-0.05, 0) is 115 Å². The summed E-state index contributed by atoms with van der Waals surface area (Å²) in [5.74, 6) is 2.09. The van der Waals surface area contributed by atoms with E-state index in [1.165, 1.54) is 33.8 Å². The van der Waals surface area contributed by atoms with Crippen molar-refractivity contribution in [3.05, 3.63) is 36.0 Å².